The first-order valence-electron chi connectivity index (χ1n) is 4.70. The Morgan fingerprint density at radius 2 is 1.69 bits per heavy atom. The third kappa shape index (κ3) is 3.02. The van der Waals surface area contributed by atoms with Crippen molar-refractivity contribution in [1.29, 1.82) is 0 Å². The van der Waals surface area contributed by atoms with Gasteiger partial charge in [-0.05, 0) is 19.4 Å². The van der Waals surface area contributed by atoms with Crippen LogP contribution in [-0.4, -0.2) is 5.78 Å². The molecule has 1 rings (SSSR count). The number of Topliss-reactive ketones (excluding diaryl/α,β-unsaturated/α-hetero) is 1. The van der Waals surface area contributed by atoms with Crippen LogP contribution in [0.1, 0.15) is 30.0 Å². The monoisotopic (exact) mass is 176 g/mol. The molecule has 0 saturated heterocycles. The van der Waals surface area contributed by atoms with E-state index in [1.165, 1.54) is 11.1 Å². The van der Waals surface area contributed by atoms with Crippen molar-refractivity contribution in [2.45, 2.75) is 33.6 Å². The molecule has 0 amide bonds. The number of carbonyl (C=O) groups excluding carboxylic acids is 1. The van der Waals surface area contributed by atoms with E-state index >= 15 is 0 Å². The maximum Gasteiger partial charge on any atom is 0.136 e. The SMILES string of the molecule is CCC(=O)Cc1cc(C)cc(C)c1. The Morgan fingerprint density at radius 1 is 1.15 bits per heavy atom. The van der Waals surface area contributed by atoms with Crippen LogP contribution in [0.25, 0.3) is 0 Å². The van der Waals surface area contributed by atoms with Gasteiger partial charge < -0.3 is 0 Å². The van der Waals surface area contributed by atoms with Crippen molar-refractivity contribution in [3.63, 3.8) is 0 Å². The molecule has 0 N–H and O–H groups in total. The van der Waals surface area contributed by atoms with Crippen LogP contribution in [0.15, 0.2) is 18.2 Å². The lowest BCUT2D eigenvalue weighted by Gasteiger charge is -2.02. The normalized spacial score (nSPS) is 10.1. The van der Waals surface area contributed by atoms with Crippen molar-refractivity contribution in [1.82, 2.24) is 0 Å². The average molecular weight is 176 g/mol. The van der Waals surface area contributed by atoms with Crippen LogP contribution in [0.3, 0.4) is 0 Å². The Labute approximate surface area is 79.8 Å². The number of hydrogen-bond donors (Lipinski definition) is 0. The molecule has 0 unspecified atom stereocenters. The van der Waals surface area contributed by atoms with Crippen molar-refractivity contribution < 1.29 is 4.79 Å². The fraction of sp³-hybridized carbons (Fsp3) is 0.417. The summed E-state index contributed by atoms with van der Waals surface area (Å²) in [7, 11) is 0. The lowest BCUT2D eigenvalue weighted by Crippen LogP contribution is -2.00. The van der Waals surface area contributed by atoms with Gasteiger partial charge in [-0.2, -0.15) is 0 Å². The van der Waals surface area contributed by atoms with Crippen LogP contribution in [0.4, 0.5) is 0 Å². The van der Waals surface area contributed by atoms with Crippen molar-refractivity contribution in [3.05, 3.63) is 34.9 Å². The van der Waals surface area contributed by atoms with Gasteiger partial charge in [-0.15, -0.1) is 0 Å². The molecular formula is C12H16O. The zero-order valence-corrected chi connectivity index (χ0v) is 8.55. The third-order valence-electron chi connectivity index (χ3n) is 2.08. The largest absolute Gasteiger partial charge is 0.299 e. The zero-order valence-electron chi connectivity index (χ0n) is 8.55. The van der Waals surface area contributed by atoms with Gasteiger partial charge in [0.2, 0.25) is 0 Å². The van der Waals surface area contributed by atoms with E-state index in [0.717, 1.165) is 5.56 Å². The van der Waals surface area contributed by atoms with Crippen LogP contribution < -0.4 is 0 Å². The Hall–Kier alpha value is -1.11. The van der Waals surface area contributed by atoms with Gasteiger partial charge in [0.25, 0.3) is 0 Å². The van der Waals surface area contributed by atoms with E-state index in [-0.39, 0.29) is 0 Å². The Morgan fingerprint density at radius 3 is 2.15 bits per heavy atom. The quantitative estimate of drug-likeness (QED) is 0.692. The lowest BCUT2D eigenvalue weighted by atomic mass is 10.0. The highest BCUT2D eigenvalue weighted by Crippen LogP contribution is 2.10. The molecule has 70 valence electrons. The van der Waals surface area contributed by atoms with E-state index < -0.39 is 0 Å². The summed E-state index contributed by atoms with van der Waals surface area (Å²) >= 11 is 0. The highest BCUT2D eigenvalue weighted by atomic mass is 16.1. The predicted octanol–water partition coefficient (Wildman–Crippen LogP) is 2.83. The number of rotatable bonds is 3. The number of aryl methyl sites for hydroxylation is 2. The lowest BCUT2D eigenvalue weighted by molar-refractivity contribution is -0.118. The highest BCUT2D eigenvalue weighted by Gasteiger charge is 2.01. The molecular weight excluding hydrogens is 160 g/mol. The molecule has 0 fully saturated rings. The second-order valence-corrected chi connectivity index (χ2v) is 3.56. The standard InChI is InChI=1S/C12H16O/c1-4-12(13)8-11-6-9(2)5-10(3)7-11/h5-7H,4,8H2,1-3H3. The Kier molecular flexibility index (Phi) is 3.24. The van der Waals surface area contributed by atoms with Crippen molar-refractivity contribution in [2.24, 2.45) is 0 Å². The topological polar surface area (TPSA) is 17.1 Å². The summed E-state index contributed by atoms with van der Waals surface area (Å²) in [6, 6.07) is 6.29. The molecule has 13 heavy (non-hydrogen) atoms. The second kappa shape index (κ2) is 4.22. The first-order chi connectivity index (χ1) is 6.11. The second-order valence-electron chi connectivity index (χ2n) is 3.56. The summed E-state index contributed by atoms with van der Waals surface area (Å²) in [6.45, 7) is 6.03. The van der Waals surface area contributed by atoms with Crippen molar-refractivity contribution in [3.8, 4) is 0 Å². The van der Waals surface area contributed by atoms with Crippen molar-refractivity contribution in [2.75, 3.05) is 0 Å². The van der Waals surface area contributed by atoms with Gasteiger partial charge in [0.05, 0.1) is 0 Å². The molecule has 0 aliphatic heterocycles. The number of benzene rings is 1. The summed E-state index contributed by atoms with van der Waals surface area (Å²) in [5.41, 5.74) is 3.61. The van der Waals surface area contributed by atoms with E-state index in [9.17, 15) is 4.79 Å². The van der Waals surface area contributed by atoms with Gasteiger partial charge >= 0.3 is 0 Å². The smallest absolute Gasteiger partial charge is 0.136 e. The van der Waals surface area contributed by atoms with Gasteiger partial charge in [0.1, 0.15) is 5.78 Å². The summed E-state index contributed by atoms with van der Waals surface area (Å²) < 4.78 is 0. The van der Waals surface area contributed by atoms with Crippen LogP contribution in [0.2, 0.25) is 0 Å². The highest BCUT2D eigenvalue weighted by molar-refractivity contribution is 5.80. The van der Waals surface area contributed by atoms with Gasteiger partial charge in [-0.1, -0.05) is 36.2 Å². The summed E-state index contributed by atoms with van der Waals surface area (Å²) in [5, 5.41) is 0. The molecule has 0 heterocycles. The van der Waals surface area contributed by atoms with Crippen LogP contribution >= 0.6 is 0 Å². The molecule has 0 aromatic heterocycles. The van der Waals surface area contributed by atoms with E-state index in [1.54, 1.807) is 0 Å². The minimum absolute atomic E-state index is 0.310. The third-order valence-corrected chi connectivity index (χ3v) is 2.08. The van der Waals surface area contributed by atoms with E-state index in [4.69, 9.17) is 0 Å². The number of ketones is 1. The number of carbonyl (C=O) groups is 1. The Balaban J connectivity index is 2.83. The molecule has 1 nitrogen and oxygen atoms in total. The van der Waals surface area contributed by atoms with E-state index in [2.05, 4.69) is 32.0 Å². The first-order valence-corrected chi connectivity index (χ1v) is 4.70. The fourth-order valence-electron chi connectivity index (χ4n) is 1.52. The number of hydrogen-bond acceptors (Lipinski definition) is 1. The first kappa shape index (κ1) is 9.97. The molecule has 1 heteroatoms. The van der Waals surface area contributed by atoms with Gasteiger partial charge in [-0.25, -0.2) is 0 Å². The predicted molar refractivity (Wildman–Crippen MR) is 54.9 cm³/mol. The molecule has 0 aliphatic rings. The molecule has 0 spiro atoms. The van der Waals surface area contributed by atoms with Gasteiger partial charge in [0.15, 0.2) is 0 Å². The van der Waals surface area contributed by atoms with Crippen molar-refractivity contribution >= 4 is 5.78 Å². The maximum absolute atomic E-state index is 11.2. The Bertz CT molecular complexity index is 293. The van der Waals surface area contributed by atoms with Gasteiger partial charge in [0, 0.05) is 12.8 Å². The summed E-state index contributed by atoms with van der Waals surface area (Å²) in [4.78, 5) is 11.2. The maximum atomic E-state index is 11.2. The molecule has 0 radical (unpaired) electrons. The molecule has 0 saturated carbocycles. The van der Waals surface area contributed by atoms with E-state index in [1.807, 2.05) is 6.92 Å². The minimum Gasteiger partial charge on any atom is -0.299 e. The van der Waals surface area contributed by atoms with Crippen LogP contribution in [0, 0.1) is 13.8 Å². The molecule has 1 aromatic carbocycles. The van der Waals surface area contributed by atoms with E-state index in [0.29, 0.717) is 18.6 Å². The van der Waals surface area contributed by atoms with Gasteiger partial charge in [-0.3, -0.25) is 4.79 Å². The van der Waals surface area contributed by atoms with Crippen LogP contribution in [-0.2, 0) is 11.2 Å². The molecule has 0 bridgehead atoms. The zero-order chi connectivity index (χ0) is 9.84. The molecule has 1 aromatic rings. The average Bonchev–Trinajstić information content (AvgIpc) is 2.02. The minimum atomic E-state index is 0.310. The molecule has 0 aliphatic carbocycles. The molecule has 0 atom stereocenters. The van der Waals surface area contributed by atoms with Crippen LogP contribution in [0.5, 0.6) is 0 Å². The summed E-state index contributed by atoms with van der Waals surface area (Å²) in [5.74, 6) is 0.310. The summed E-state index contributed by atoms with van der Waals surface area (Å²) in [6.07, 6.45) is 1.21. The fourth-order valence-corrected chi connectivity index (χ4v) is 1.52.